The highest BCUT2D eigenvalue weighted by Gasteiger charge is 2.26. The van der Waals surface area contributed by atoms with E-state index in [1.165, 1.54) is 22.3 Å². The number of aromatic amines is 1. The number of hydrogen-bond donors (Lipinski definition) is 1. The molecule has 0 bridgehead atoms. The SMILES string of the molecule is CN1CCN(CCCC(=O)COc2cc3[nH]c(C4=Cc5ccc(Br)cc5C4)cc3cc2Cl)C(c2ccccc2)C1. The summed E-state index contributed by atoms with van der Waals surface area (Å²) in [6, 6.07) is 23.4. The average Bonchev–Trinajstić information content (AvgIpc) is 3.56. The Balaban J connectivity index is 1.04. The van der Waals surface area contributed by atoms with E-state index >= 15 is 0 Å². The van der Waals surface area contributed by atoms with Crippen LogP contribution >= 0.6 is 27.5 Å². The minimum absolute atomic E-state index is 0.0268. The number of hydrogen-bond acceptors (Lipinski definition) is 4. The predicted molar refractivity (Wildman–Crippen MR) is 167 cm³/mol. The maximum absolute atomic E-state index is 12.7. The molecule has 40 heavy (non-hydrogen) atoms. The fourth-order valence-corrected chi connectivity index (χ4v) is 6.46. The van der Waals surface area contributed by atoms with Gasteiger partial charge in [-0.3, -0.25) is 9.69 Å². The van der Waals surface area contributed by atoms with Crippen LogP contribution in [0.1, 0.15) is 41.3 Å². The van der Waals surface area contributed by atoms with Crippen LogP contribution in [0.4, 0.5) is 0 Å². The van der Waals surface area contributed by atoms with E-state index in [0.717, 1.165) is 60.1 Å². The molecule has 0 amide bonds. The number of nitrogens with one attached hydrogen (secondary N) is 1. The fourth-order valence-electron chi connectivity index (χ4n) is 5.83. The van der Waals surface area contributed by atoms with Gasteiger partial charge in [0.1, 0.15) is 12.4 Å². The van der Waals surface area contributed by atoms with Crippen molar-refractivity contribution in [3.05, 3.63) is 98.6 Å². The van der Waals surface area contributed by atoms with E-state index in [1.807, 2.05) is 12.1 Å². The summed E-state index contributed by atoms with van der Waals surface area (Å²) in [6.07, 6.45) is 4.42. The lowest BCUT2D eigenvalue weighted by Crippen LogP contribution is -2.47. The summed E-state index contributed by atoms with van der Waals surface area (Å²) in [6.45, 7) is 3.98. The number of allylic oxidation sites excluding steroid dienone is 1. The van der Waals surface area contributed by atoms with Crippen LogP contribution in [0.2, 0.25) is 5.02 Å². The van der Waals surface area contributed by atoms with Gasteiger partial charge in [-0.15, -0.1) is 0 Å². The Labute approximate surface area is 248 Å². The summed E-state index contributed by atoms with van der Waals surface area (Å²) in [5.41, 5.74) is 7.16. The molecule has 2 aliphatic rings. The topological polar surface area (TPSA) is 48.6 Å². The number of H-pyrrole nitrogens is 1. The average molecular weight is 619 g/mol. The van der Waals surface area contributed by atoms with Crippen molar-refractivity contribution >= 4 is 55.9 Å². The van der Waals surface area contributed by atoms with E-state index in [1.54, 1.807) is 0 Å². The summed E-state index contributed by atoms with van der Waals surface area (Å²) in [7, 11) is 2.18. The molecule has 0 saturated carbocycles. The van der Waals surface area contributed by atoms with E-state index < -0.39 is 0 Å². The maximum atomic E-state index is 12.7. The van der Waals surface area contributed by atoms with Gasteiger partial charge in [-0.05, 0) is 72.6 Å². The van der Waals surface area contributed by atoms with Crippen molar-refractivity contribution < 1.29 is 9.53 Å². The lowest BCUT2D eigenvalue weighted by atomic mass is 10.0. The van der Waals surface area contributed by atoms with E-state index in [-0.39, 0.29) is 12.4 Å². The lowest BCUT2D eigenvalue weighted by Gasteiger charge is -2.40. The molecule has 4 aromatic rings. The van der Waals surface area contributed by atoms with Gasteiger partial charge in [0.05, 0.1) is 5.02 Å². The standard InChI is InChI=1S/C33H33BrClN3O2/c1-37-12-13-38(32(20-37)22-6-3-2-4-7-22)11-5-8-28(39)21-40-33-19-31-26(17-29(33)35)18-30(36-31)25-14-23-9-10-27(34)16-24(23)15-25/h2-4,6-7,9-10,14,16-19,32,36H,5,8,11-13,15,20-21H2,1H3. The first-order valence-electron chi connectivity index (χ1n) is 13.9. The Kier molecular flexibility index (Phi) is 8.12. The van der Waals surface area contributed by atoms with E-state index in [0.29, 0.717) is 23.2 Å². The van der Waals surface area contributed by atoms with Gasteiger partial charge in [0.2, 0.25) is 0 Å². The smallest absolute Gasteiger partial charge is 0.170 e. The Morgan fingerprint density at radius 3 is 2.80 bits per heavy atom. The zero-order chi connectivity index (χ0) is 27.6. The highest BCUT2D eigenvalue weighted by Crippen LogP contribution is 2.36. The number of carbonyl (C=O) groups excluding carboxylic acids is 1. The molecule has 5 nitrogen and oxygen atoms in total. The number of Topliss-reactive ketones (excluding diaryl/α,β-unsaturated/α-hetero) is 1. The van der Waals surface area contributed by atoms with Gasteiger partial charge < -0.3 is 14.6 Å². The number of carbonyl (C=O) groups is 1. The maximum Gasteiger partial charge on any atom is 0.170 e. The van der Waals surface area contributed by atoms with Crippen LogP contribution in [-0.4, -0.2) is 60.4 Å². The van der Waals surface area contributed by atoms with E-state index in [2.05, 4.69) is 98.4 Å². The van der Waals surface area contributed by atoms with Crippen molar-refractivity contribution in [2.75, 3.05) is 39.8 Å². The molecule has 1 N–H and O–H groups in total. The summed E-state index contributed by atoms with van der Waals surface area (Å²) < 4.78 is 7.00. The minimum Gasteiger partial charge on any atom is -0.484 e. The van der Waals surface area contributed by atoms with E-state index in [9.17, 15) is 4.79 Å². The number of benzene rings is 3. The van der Waals surface area contributed by atoms with Crippen LogP contribution in [0, 0.1) is 0 Å². The monoisotopic (exact) mass is 617 g/mol. The molecule has 206 valence electrons. The molecule has 1 saturated heterocycles. The van der Waals surface area contributed by atoms with Crippen molar-refractivity contribution in [3.8, 4) is 5.75 Å². The minimum atomic E-state index is 0.0268. The number of likely N-dealkylation sites (N-methyl/N-ethyl adjacent to an activating group) is 1. The normalized spacial score (nSPS) is 17.7. The van der Waals surface area contributed by atoms with Crippen molar-refractivity contribution in [1.82, 2.24) is 14.8 Å². The molecular formula is C33H33BrClN3O2. The third-order valence-electron chi connectivity index (χ3n) is 8.00. The van der Waals surface area contributed by atoms with Crippen molar-refractivity contribution in [1.29, 1.82) is 0 Å². The van der Waals surface area contributed by atoms with E-state index in [4.69, 9.17) is 16.3 Å². The molecule has 2 heterocycles. The van der Waals surface area contributed by atoms with Crippen molar-refractivity contribution in [2.24, 2.45) is 0 Å². The van der Waals surface area contributed by atoms with Crippen LogP contribution in [0.3, 0.4) is 0 Å². The largest absolute Gasteiger partial charge is 0.484 e. The zero-order valence-electron chi connectivity index (χ0n) is 22.6. The molecule has 1 unspecified atom stereocenters. The Morgan fingerprint density at radius 1 is 1.10 bits per heavy atom. The third-order valence-corrected chi connectivity index (χ3v) is 8.79. The zero-order valence-corrected chi connectivity index (χ0v) is 25.0. The Bertz CT molecular complexity index is 1560. The van der Waals surface area contributed by atoms with Gasteiger partial charge in [-0.2, -0.15) is 0 Å². The second kappa shape index (κ2) is 11.9. The van der Waals surface area contributed by atoms with Crippen LogP contribution in [-0.2, 0) is 11.2 Å². The lowest BCUT2D eigenvalue weighted by molar-refractivity contribution is -0.121. The third kappa shape index (κ3) is 6.06. The summed E-state index contributed by atoms with van der Waals surface area (Å²) in [5, 5.41) is 1.54. The molecule has 0 spiro atoms. The molecule has 7 heteroatoms. The Hall–Kier alpha value is -2.90. The molecule has 1 atom stereocenters. The fraction of sp³-hybridized carbons (Fsp3) is 0.303. The molecule has 3 aromatic carbocycles. The molecule has 1 aromatic heterocycles. The first-order valence-corrected chi connectivity index (χ1v) is 15.0. The number of aromatic nitrogens is 1. The Morgan fingerprint density at radius 2 is 1.95 bits per heavy atom. The second-order valence-electron chi connectivity index (χ2n) is 10.9. The van der Waals surface area contributed by atoms with Gasteiger partial charge in [-0.25, -0.2) is 0 Å². The first kappa shape index (κ1) is 27.3. The summed E-state index contributed by atoms with van der Waals surface area (Å²) in [4.78, 5) is 21.1. The number of nitrogens with zero attached hydrogens (tertiary/aromatic N) is 2. The van der Waals surface area contributed by atoms with Crippen LogP contribution in [0.5, 0.6) is 5.75 Å². The molecule has 1 aliphatic heterocycles. The van der Waals surface area contributed by atoms with Gasteiger partial charge >= 0.3 is 0 Å². The predicted octanol–water partition coefficient (Wildman–Crippen LogP) is 7.40. The van der Waals surface area contributed by atoms with Gasteiger partial charge in [0.25, 0.3) is 0 Å². The number of fused-ring (bicyclic) bond motifs is 2. The molecule has 1 fully saturated rings. The number of halogens is 2. The van der Waals surface area contributed by atoms with Gasteiger partial charge in [0, 0.05) is 65.7 Å². The van der Waals surface area contributed by atoms with Gasteiger partial charge in [-0.1, -0.05) is 63.9 Å². The quantitative estimate of drug-likeness (QED) is 0.212. The van der Waals surface area contributed by atoms with Crippen molar-refractivity contribution in [3.63, 3.8) is 0 Å². The first-order chi connectivity index (χ1) is 19.4. The van der Waals surface area contributed by atoms with Crippen LogP contribution in [0.25, 0.3) is 22.6 Å². The molecule has 6 rings (SSSR count). The number of rotatable bonds is 9. The highest BCUT2D eigenvalue weighted by molar-refractivity contribution is 9.10. The molecule has 0 radical (unpaired) electrons. The molecule has 1 aliphatic carbocycles. The van der Waals surface area contributed by atoms with Crippen molar-refractivity contribution in [2.45, 2.75) is 25.3 Å². The summed E-state index contributed by atoms with van der Waals surface area (Å²) in [5.74, 6) is 0.625. The second-order valence-corrected chi connectivity index (χ2v) is 12.2. The number of piperazine rings is 1. The number of ether oxygens (including phenoxy) is 1. The highest BCUT2D eigenvalue weighted by atomic mass is 79.9. The molecular weight excluding hydrogens is 586 g/mol. The van der Waals surface area contributed by atoms with Crippen LogP contribution in [0.15, 0.2) is 71.2 Å². The van der Waals surface area contributed by atoms with Crippen LogP contribution < -0.4 is 4.74 Å². The summed E-state index contributed by atoms with van der Waals surface area (Å²) >= 11 is 10.1. The number of ketones is 1. The van der Waals surface area contributed by atoms with Gasteiger partial charge in [0.15, 0.2) is 5.78 Å².